The number of phenolic OH excluding ortho intramolecular Hbond substituents is 1. The zero-order chi connectivity index (χ0) is 16.1. The lowest BCUT2D eigenvalue weighted by atomic mass is 10.1. The lowest BCUT2D eigenvalue weighted by molar-refractivity contribution is -0.116. The van der Waals surface area contributed by atoms with Crippen LogP contribution in [0, 0.1) is 0 Å². The van der Waals surface area contributed by atoms with Crippen LogP contribution in [0.15, 0.2) is 67.3 Å². The Morgan fingerprint density at radius 1 is 1.13 bits per heavy atom. The molecule has 0 atom stereocenters. The van der Waals surface area contributed by atoms with Gasteiger partial charge in [0, 0.05) is 30.2 Å². The minimum absolute atomic E-state index is 0.0800. The van der Waals surface area contributed by atoms with Crippen molar-refractivity contribution in [2.45, 2.75) is 12.8 Å². The molecule has 5 heteroatoms. The van der Waals surface area contributed by atoms with Crippen molar-refractivity contribution < 1.29 is 9.90 Å². The molecule has 2 N–H and O–H groups in total. The van der Waals surface area contributed by atoms with Crippen LogP contribution in [0.4, 0.5) is 5.69 Å². The quantitative estimate of drug-likeness (QED) is 0.761. The number of benzene rings is 2. The van der Waals surface area contributed by atoms with Gasteiger partial charge in [0.1, 0.15) is 5.75 Å². The lowest BCUT2D eigenvalue weighted by Gasteiger charge is -2.08. The van der Waals surface area contributed by atoms with E-state index in [1.165, 1.54) is 0 Å². The molecule has 0 aliphatic carbocycles. The Kier molecular flexibility index (Phi) is 4.38. The minimum Gasteiger partial charge on any atom is -0.508 e. The molecule has 3 rings (SSSR count). The molecule has 116 valence electrons. The first kappa shape index (κ1) is 14.8. The summed E-state index contributed by atoms with van der Waals surface area (Å²) in [5, 5.41) is 12.6. The smallest absolute Gasteiger partial charge is 0.224 e. The largest absolute Gasteiger partial charge is 0.508 e. The fraction of sp³-hybridized carbons (Fsp3) is 0.111. The van der Waals surface area contributed by atoms with Gasteiger partial charge in [-0.3, -0.25) is 4.79 Å². The number of nitrogens with zero attached hydrogens (tertiary/aromatic N) is 2. The van der Waals surface area contributed by atoms with Gasteiger partial charge < -0.3 is 15.0 Å². The molecule has 0 saturated heterocycles. The third-order valence-corrected chi connectivity index (χ3v) is 3.57. The van der Waals surface area contributed by atoms with Crippen molar-refractivity contribution >= 4 is 11.6 Å². The molecule has 23 heavy (non-hydrogen) atoms. The van der Waals surface area contributed by atoms with Crippen molar-refractivity contribution in [3.05, 3.63) is 72.8 Å². The third-order valence-electron chi connectivity index (χ3n) is 3.57. The van der Waals surface area contributed by atoms with Gasteiger partial charge in [-0.15, -0.1) is 0 Å². The maximum absolute atomic E-state index is 12.0. The summed E-state index contributed by atoms with van der Waals surface area (Å²) in [5.74, 6) is 0.147. The second-order valence-electron chi connectivity index (χ2n) is 5.19. The highest BCUT2D eigenvalue weighted by molar-refractivity contribution is 5.90. The van der Waals surface area contributed by atoms with E-state index in [1.807, 2.05) is 47.2 Å². The Balaban J connectivity index is 1.57. The van der Waals surface area contributed by atoms with E-state index in [9.17, 15) is 9.90 Å². The topological polar surface area (TPSA) is 67.2 Å². The van der Waals surface area contributed by atoms with Crippen LogP contribution in [0.5, 0.6) is 5.75 Å². The van der Waals surface area contributed by atoms with Crippen molar-refractivity contribution in [1.29, 1.82) is 0 Å². The lowest BCUT2D eigenvalue weighted by Crippen LogP contribution is -2.12. The summed E-state index contributed by atoms with van der Waals surface area (Å²) in [4.78, 5) is 16.0. The minimum atomic E-state index is -0.0800. The number of anilines is 1. The summed E-state index contributed by atoms with van der Waals surface area (Å²) >= 11 is 0. The van der Waals surface area contributed by atoms with Gasteiger partial charge in [-0.05, 0) is 42.3 Å². The third kappa shape index (κ3) is 3.77. The molecule has 0 saturated carbocycles. The van der Waals surface area contributed by atoms with E-state index in [2.05, 4.69) is 10.3 Å². The second-order valence-corrected chi connectivity index (χ2v) is 5.19. The van der Waals surface area contributed by atoms with Crippen molar-refractivity contribution in [1.82, 2.24) is 9.55 Å². The average molecular weight is 307 g/mol. The molecule has 1 heterocycles. The SMILES string of the molecule is O=C(CCc1ccccc1O)Nc1ccc(-n2ccnc2)cc1. The fourth-order valence-corrected chi connectivity index (χ4v) is 2.32. The molecule has 0 bridgehead atoms. The Labute approximate surface area is 134 Å². The van der Waals surface area contributed by atoms with Gasteiger partial charge in [0.2, 0.25) is 5.91 Å². The van der Waals surface area contributed by atoms with Crippen LogP contribution < -0.4 is 5.32 Å². The van der Waals surface area contributed by atoms with Crippen LogP contribution in [-0.4, -0.2) is 20.6 Å². The van der Waals surface area contributed by atoms with Gasteiger partial charge in [-0.2, -0.15) is 0 Å². The number of aromatic nitrogens is 2. The van der Waals surface area contributed by atoms with Crippen molar-refractivity contribution in [3.8, 4) is 11.4 Å². The average Bonchev–Trinajstić information content (AvgIpc) is 3.09. The number of rotatable bonds is 5. The molecule has 1 amide bonds. The Bertz CT molecular complexity index is 780. The molecule has 2 aromatic carbocycles. The van der Waals surface area contributed by atoms with Crippen LogP contribution in [0.2, 0.25) is 0 Å². The van der Waals surface area contributed by atoms with Crippen LogP contribution in [0.1, 0.15) is 12.0 Å². The summed E-state index contributed by atoms with van der Waals surface area (Å²) in [6.07, 6.45) is 6.13. The van der Waals surface area contributed by atoms with E-state index < -0.39 is 0 Å². The summed E-state index contributed by atoms with van der Waals surface area (Å²) in [5.41, 5.74) is 2.50. The molecule has 0 spiro atoms. The maximum atomic E-state index is 12.0. The number of nitrogens with one attached hydrogen (secondary N) is 1. The molecule has 5 nitrogen and oxygen atoms in total. The van der Waals surface area contributed by atoms with Gasteiger partial charge in [0.25, 0.3) is 0 Å². The molecule has 1 aromatic heterocycles. The second kappa shape index (κ2) is 6.79. The van der Waals surface area contributed by atoms with Crippen LogP contribution in [-0.2, 0) is 11.2 Å². The van der Waals surface area contributed by atoms with Gasteiger partial charge >= 0.3 is 0 Å². The number of amides is 1. The van der Waals surface area contributed by atoms with Crippen molar-refractivity contribution in [2.75, 3.05) is 5.32 Å². The molecule has 0 aliphatic heterocycles. The van der Waals surface area contributed by atoms with Crippen LogP contribution in [0.3, 0.4) is 0 Å². The first-order valence-corrected chi connectivity index (χ1v) is 7.37. The van der Waals surface area contributed by atoms with Crippen molar-refractivity contribution in [2.24, 2.45) is 0 Å². The summed E-state index contributed by atoms with van der Waals surface area (Å²) in [6, 6.07) is 14.6. The molecule has 0 fully saturated rings. The number of hydrogen-bond acceptors (Lipinski definition) is 3. The van der Waals surface area contributed by atoms with Crippen molar-refractivity contribution in [3.63, 3.8) is 0 Å². The number of para-hydroxylation sites is 1. The van der Waals surface area contributed by atoms with Crippen LogP contribution in [0.25, 0.3) is 5.69 Å². The molecule has 0 unspecified atom stereocenters. The number of aryl methyl sites for hydroxylation is 1. The number of hydrogen-bond donors (Lipinski definition) is 2. The van der Waals surface area contributed by atoms with Crippen LogP contribution >= 0.6 is 0 Å². The monoisotopic (exact) mass is 307 g/mol. The fourth-order valence-electron chi connectivity index (χ4n) is 2.32. The molecular formula is C18H17N3O2. The van der Waals surface area contributed by atoms with E-state index in [-0.39, 0.29) is 11.7 Å². The summed E-state index contributed by atoms with van der Waals surface area (Å²) in [6.45, 7) is 0. The number of carbonyl (C=O) groups is 1. The van der Waals surface area contributed by atoms with Gasteiger partial charge in [0.05, 0.1) is 6.33 Å². The van der Waals surface area contributed by atoms with E-state index >= 15 is 0 Å². The predicted octanol–water partition coefficient (Wildman–Crippen LogP) is 3.15. The Hall–Kier alpha value is -3.08. The highest BCUT2D eigenvalue weighted by Crippen LogP contribution is 2.18. The number of carbonyl (C=O) groups excluding carboxylic acids is 1. The Morgan fingerprint density at radius 2 is 1.91 bits per heavy atom. The first-order valence-electron chi connectivity index (χ1n) is 7.37. The normalized spacial score (nSPS) is 10.4. The van der Waals surface area contributed by atoms with E-state index in [0.717, 1.165) is 16.9 Å². The zero-order valence-corrected chi connectivity index (χ0v) is 12.5. The van der Waals surface area contributed by atoms with E-state index in [4.69, 9.17) is 0 Å². The van der Waals surface area contributed by atoms with Gasteiger partial charge in [-0.25, -0.2) is 4.98 Å². The standard InChI is InChI=1S/C18H17N3O2/c22-17-4-2-1-3-14(17)5-10-18(23)20-15-6-8-16(9-7-15)21-12-11-19-13-21/h1-4,6-9,11-13,22H,5,10H2,(H,20,23). The van der Waals surface area contributed by atoms with E-state index in [0.29, 0.717) is 12.8 Å². The molecule has 3 aromatic rings. The van der Waals surface area contributed by atoms with Gasteiger partial charge in [0.15, 0.2) is 0 Å². The molecule has 0 aliphatic rings. The maximum Gasteiger partial charge on any atom is 0.224 e. The summed E-state index contributed by atoms with van der Waals surface area (Å²) < 4.78 is 1.89. The highest BCUT2D eigenvalue weighted by Gasteiger charge is 2.06. The number of phenols is 1. The summed E-state index contributed by atoms with van der Waals surface area (Å²) in [7, 11) is 0. The zero-order valence-electron chi connectivity index (χ0n) is 12.5. The first-order chi connectivity index (χ1) is 11.2. The Morgan fingerprint density at radius 3 is 2.61 bits per heavy atom. The highest BCUT2D eigenvalue weighted by atomic mass is 16.3. The predicted molar refractivity (Wildman–Crippen MR) is 88.6 cm³/mol. The number of imidazole rings is 1. The number of aromatic hydroxyl groups is 1. The molecular weight excluding hydrogens is 290 g/mol. The van der Waals surface area contributed by atoms with E-state index in [1.54, 1.807) is 24.7 Å². The molecule has 0 radical (unpaired) electrons. The van der Waals surface area contributed by atoms with Gasteiger partial charge in [-0.1, -0.05) is 18.2 Å².